The maximum Gasteiger partial charge on any atom is 0.252 e. The van der Waals surface area contributed by atoms with E-state index in [0.717, 1.165) is 21.6 Å². The van der Waals surface area contributed by atoms with Crippen molar-refractivity contribution < 1.29 is 4.79 Å². The monoisotopic (exact) mass is 343 g/mol. The van der Waals surface area contributed by atoms with E-state index in [0.29, 0.717) is 5.92 Å². The largest absolute Gasteiger partial charge is 0.352 e. The molecule has 1 aromatic rings. The first kappa shape index (κ1) is 12.9. The average molecular weight is 343 g/mol. The molecule has 0 aromatic heterocycles. The molecule has 92 valence electrons. The minimum atomic E-state index is 0.0644. The van der Waals surface area contributed by atoms with Gasteiger partial charge in [-0.2, -0.15) is 0 Å². The topological polar surface area (TPSA) is 29.1 Å². The lowest BCUT2D eigenvalue weighted by molar-refractivity contribution is 0.0946. The van der Waals surface area contributed by atoms with E-state index in [9.17, 15) is 4.79 Å². The molecule has 1 aliphatic carbocycles. The molecule has 1 aliphatic rings. The molecule has 0 radical (unpaired) electrons. The van der Waals surface area contributed by atoms with Crippen LogP contribution in [0.15, 0.2) is 24.3 Å². The summed E-state index contributed by atoms with van der Waals surface area (Å²) < 4.78 is 1.02. The molecular weight excluding hydrogens is 325 g/mol. The van der Waals surface area contributed by atoms with E-state index in [-0.39, 0.29) is 5.91 Å². The molecule has 2 unspecified atom stereocenters. The first-order valence-electron chi connectivity index (χ1n) is 6.19. The van der Waals surface area contributed by atoms with E-state index in [1.807, 2.05) is 24.3 Å². The number of carbonyl (C=O) groups is 1. The highest BCUT2D eigenvalue weighted by Gasteiger charge is 2.21. The van der Waals surface area contributed by atoms with Gasteiger partial charge in [0.15, 0.2) is 0 Å². The Labute approximate surface area is 116 Å². The van der Waals surface area contributed by atoms with Crippen LogP contribution in [0.1, 0.15) is 36.5 Å². The predicted octanol–water partition coefficient (Wildman–Crippen LogP) is 3.46. The van der Waals surface area contributed by atoms with Crippen molar-refractivity contribution in [1.29, 1.82) is 0 Å². The Balaban J connectivity index is 1.88. The highest BCUT2D eigenvalue weighted by Crippen LogP contribution is 2.29. The number of hydrogen-bond donors (Lipinski definition) is 1. The number of carbonyl (C=O) groups excluding carboxylic acids is 1. The average Bonchev–Trinajstić information content (AvgIpc) is 2.73. The Kier molecular flexibility index (Phi) is 4.42. The number of rotatable bonds is 3. The number of hydrogen-bond acceptors (Lipinski definition) is 1. The van der Waals surface area contributed by atoms with Crippen LogP contribution in [0.5, 0.6) is 0 Å². The number of benzene rings is 1. The first-order chi connectivity index (χ1) is 8.16. The van der Waals surface area contributed by atoms with Crippen molar-refractivity contribution >= 4 is 28.5 Å². The number of halogens is 1. The van der Waals surface area contributed by atoms with Crippen LogP contribution < -0.4 is 5.32 Å². The fourth-order valence-corrected chi connectivity index (χ4v) is 3.12. The summed E-state index contributed by atoms with van der Waals surface area (Å²) in [6, 6.07) is 7.72. The zero-order chi connectivity index (χ0) is 12.3. The molecule has 1 saturated carbocycles. The molecule has 1 aromatic carbocycles. The van der Waals surface area contributed by atoms with Gasteiger partial charge in [-0.25, -0.2) is 0 Å². The molecule has 17 heavy (non-hydrogen) atoms. The smallest absolute Gasteiger partial charge is 0.252 e. The number of amides is 1. The molecule has 3 heteroatoms. The Morgan fingerprint density at radius 2 is 2.18 bits per heavy atom. The SMILES string of the molecule is CC1CCC(CNC(=O)c2ccccc2I)C1. The molecule has 0 saturated heterocycles. The Hall–Kier alpha value is -0.580. The standard InChI is InChI=1S/C14H18INO/c1-10-6-7-11(8-10)9-16-14(17)12-4-2-3-5-13(12)15/h2-5,10-11H,6-9H2,1H3,(H,16,17). The first-order valence-corrected chi connectivity index (χ1v) is 7.27. The molecular formula is C14H18INO. The van der Waals surface area contributed by atoms with Crippen molar-refractivity contribution in [2.75, 3.05) is 6.54 Å². The quantitative estimate of drug-likeness (QED) is 0.837. The van der Waals surface area contributed by atoms with E-state index in [4.69, 9.17) is 0 Å². The summed E-state index contributed by atoms with van der Waals surface area (Å²) in [6.45, 7) is 3.12. The van der Waals surface area contributed by atoms with Crippen molar-refractivity contribution in [2.24, 2.45) is 11.8 Å². The van der Waals surface area contributed by atoms with Gasteiger partial charge in [-0.3, -0.25) is 4.79 Å². The predicted molar refractivity (Wildman–Crippen MR) is 78.0 cm³/mol. The zero-order valence-electron chi connectivity index (χ0n) is 10.1. The van der Waals surface area contributed by atoms with Gasteiger partial charge in [0.1, 0.15) is 0 Å². The Morgan fingerprint density at radius 1 is 1.41 bits per heavy atom. The third-order valence-electron chi connectivity index (χ3n) is 3.47. The van der Waals surface area contributed by atoms with Gasteiger partial charge in [-0.05, 0) is 59.4 Å². The molecule has 0 heterocycles. The van der Waals surface area contributed by atoms with E-state index in [1.165, 1.54) is 19.3 Å². The van der Waals surface area contributed by atoms with Crippen LogP contribution in [-0.2, 0) is 0 Å². The van der Waals surface area contributed by atoms with Crippen LogP contribution in [0.3, 0.4) is 0 Å². The zero-order valence-corrected chi connectivity index (χ0v) is 12.2. The third-order valence-corrected chi connectivity index (χ3v) is 4.41. The van der Waals surface area contributed by atoms with Crippen molar-refractivity contribution in [2.45, 2.75) is 26.2 Å². The highest BCUT2D eigenvalue weighted by atomic mass is 127. The van der Waals surface area contributed by atoms with Crippen molar-refractivity contribution in [3.63, 3.8) is 0 Å². The van der Waals surface area contributed by atoms with E-state index in [2.05, 4.69) is 34.8 Å². The maximum absolute atomic E-state index is 12.0. The van der Waals surface area contributed by atoms with Crippen molar-refractivity contribution in [3.05, 3.63) is 33.4 Å². The highest BCUT2D eigenvalue weighted by molar-refractivity contribution is 14.1. The summed E-state index contributed by atoms with van der Waals surface area (Å²) in [5, 5.41) is 3.06. The summed E-state index contributed by atoms with van der Waals surface area (Å²) >= 11 is 2.21. The summed E-state index contributed by atoms with van der Waals surface area (Å²) in [5.74, 6) is 1.57. The second-order valence-corrected chi connectivity index (χ2v) is 6.14. The maximum atomic E-state index is 12.0. The molecule has 0 spiro atoms. The molecule has 2 atom stereocenters. The van der Waals surface area contributed by atoms with E-state index in [1.54, 1.807) is 0 Å². The Morgan fingerprint density at radius 3 is 2.82 bits per heavy atom. The van der Waals surface area contributed by atoms with Gasteiger partial charge in [0.25, 0.3) is 5.91 Å². The molecule has 0 aliphatic heterocycles. The fourth-order valence-electron chi connectivity index (χ4n) is 2.49. The van der Waals surface area contributed by atoms with Gasteiger partial charge in [0, 0.05) is 10.1 Å². The lowest BCUT2D eigenvalue weighted by Crippen LogP contribution is -2.29. The van der Waals surface area contributed by atoms with Crippen LogP contribution in [-0.4, -0.2) is 12.5 Å². The summed E-state index contributed by atoms with van der Waals surface area (Å²) in [7, 11) is 0. The molecule has 1 amide bonds. The summed E-state index contributed by atoms with van der Waals surface area (Å²) in [6.07, 6.45) is 3.82. The van der Waals surface area contributed by atoms with Crippen molar-refractivity contribution in [3.8, 4) is 0 Å². The van der Waals surface area contributed by atoms with Crippen LogP contribution in [0.2, 0.25) is 0 Å². The van der Waals surface area contributed by atoms with Crippen LogP contribution in [0, 0.1) is 15.4 Å². The summed E-state index contributed by atoms with van der Waals surface area (Å²) in [5.41, 5.74) is 0.791. The third kappa shape index (κ3) is 3.44. The van der Waals surface area contributed by atoms with Crippen LogP contribution >= 0.6 is 22.6 Å². The van der Waals surface area contributed by atoms with Gasteiger partial charge < -0.3 is 5.32 Å². The minimum absolute atomic E-state index is 0.0644. The lowest BCUT2D eigenvalue weighted by atomic mass is 10.1. The van der Waals surface area contributed by atoms with Gasteiger partial charge in [0.05, 0.1) is 5.56 Å². The normalized spacial score (nSPS) is 23.6. The molecule has 1 fully saturated rings. The van der Waals surface area contributed by atoms with Crippen LogP contribution in [0.25, 0.3) is 0 Å². The Bertz CT molecular complexity index is 405. The second-order valence-electron chi connectivity index (χ2n) is 4.97. The fraction of sp³-hybridized carbons (Fsp3) is 0.500. The molecule has 2 nitrogen and oxygen atoms in total. The summed E-state index contributed by atoms with van der Waals surface area (Å²) in [4.78, 5) is 12.0. The van der Waals surface area contributed by atoms with Crippen molar-refractivity contribution in [1.82, 2.24) is 5.32 Å². The van der Waals surface area contributed by atoms with Gasteiger partial charge >= 0.3 is 0 Å². The molecule has 2 rings (SSSR count). The van der Waals surface area contributed by atoms with Crippen LogP contribution in [0.4, 0.5) is 0 Å². The molecule has 0 bridgehead atoms. The van der Waals surface area contributed by atoms with Gasteiger partial charge in [-0.15, -0.1) is 0 Å². The second kappa shape index (κ2) is 5.85. The minimum Gasteiger partial charge on any atom is -0.352 e. The van der Waals surface area contributed by atoms with E-state index < -0.39 is 0 Å². The van der Waals surface area contributed by atoms with Gasteiger partial charge in [-0.1, -0.05) is 25.5 Å². The van der Waals surface area contributed by atoms with E-state index >= 15 is 0 Å². The lowest BCUT2D eigenvalue weighted by Gasteiger charge is -2.11. The number of nitrogens with one attached hydrogen (secondary N) is 1. The van der Waals surface area contributed by atoms with Gasteiger partial charge in [0.2, 0.25) is 0 Å². The molecule has 1 N–H and O–H groups in total.